The number of nitrogens with zero attached hydrogens (tertiary/aromatic N) is 1. The Kier molecular flexibility index (Phi) is 3.26. The van der Waals surface area contributed by atoms with E-state index in [9.17, 15) is 4.79 Å². The van der Waals surface area contributed by atoms with E-state index < -0.39 is 0 Å². The number of carbonyl (C=O) groups excluding carboxylic acids is 1. The van der Waals surface area contributed by atoms with Gasteiger partial charge in [-0.3, -0.25) is 9.69 Å². The predicted molar refractivity (Wildman–Crippen MR) is 82.9 cm³/mol. The van der Waals surface area contributed by atoms with Crippen molar-refractivity contribution in [2.75, 3.05) is 0 Å². The van der Waals surface area contributed by atoms with Gasteiger partial charge in [0.2, 0.25) is 5.91 Å². The van der Waals surface area contributed by atoms with Crippen LogP contribution in [0.1, 0.15) is 61.1 Å². The Morgan fingerprint density at radius 2 is 1.86 bits per heavy atom. The Morgan fingerprint density at radius 1 is 1.14 bits per heavy atom. The fourth-order valence-electron chi connectivity index (χ4n) is 4.75. The van der Waals surface area contributed by atoms with Crippen molar-refractivity contribution >= 4 is 5.91 Å². The van der Waals surface area contributed by atoms with Crippen LogP contribution in [0.5, 0.6) is 0 Å². The van der Waals surface area contributed by atoms with E-state index >= 15 is 0 Å². The minimum Gasteiger partial charge on any atom is -0.369 e. The van der Waals surface area contributed by atoms with Crippen molar-refractivity contribution in [2.45, 2.75) is 69.5 Å². The number of primary amides is 1. The molecule has 1 aliphatic carbocycles. The van der Waals surface area contributed by atoms with Crippen LogP contribution >= 0.6 is 0 Å². The largest absolute Gasteiger partial charge is 0.369 e. The highest BCUT2D eigenvalue weighted by molar-refractivity contribution is 5.82. The van der Waals surface area contributed by atoms with E-state index in [2.05, 4.69) is 23.1 Å². The van der Waals surface area contributed by atoms with Crippen molar-refractivity contribution in [2.24, 2.45) is 5.73 Å². The highest BCUT2D eigenvalue weighted by Crippen LogP contribution is 2.39. The fraction of sp³-hybridized carbons (Fsp3) is 0.611. The first-order chi connectivity index (χ1) is 10.2. The summed E-state index contributed by atoms with van der Waals surface area (Å²) in [6.45, 7) is 1.09. The molecular formula is C18H24N2O. The number of fused-ring (bicyclic) bond motifs is 3. The van der Waals surface area contributed by atoms with Crippen LogP contribution in [0.4, 0.5) is 0 Å². The van der Waals surface area contributed by atoms with Gasteiger partial charge in [0.25, 0.3) is 0 Å². The summed E-state index contributed by atoms with van der Waals surface area (Å²) in [7, 11) is 0. The van der Waals surface area contributed by atoms with Crippen LogP contribution in [0.3, 0.4) is 0 Å². The third-order valence-corrected chi connectivity index (χ3v) is 5.83. The van der Waals surface area contributed by atoms with Crippen molar-refractivity contribution in [1.82, 2.24) is 4.90 Å². The molecule has 1 aromatic rings. The Balaban J connectivity index is 1.57. The summed E-state index contributed by atoms with van der Waals surface area (Å²) in [6.07, 6.45) is 8.65. The summed E-state index contributed by atoms with van der Waals surface area (Å²) in [6, 6.07) is 8.37. The lowest BCUT2D eigenvalue weighted by molar-refractivity contribution is -0.119. The van der Waals surface area contributed by atoms with Crippen LogP contribution < -0.4 is 5.73 Å². The van der Waals surface area contributed by atoms with Crippen molar-refractivity contribution in [3.8, 4) is 0 Å². The van der Waals surface area contributed by atoms with E-state index in [-0.39, 0.29) is 11.8 Å². The van der Waals surface area contributed by atoms with E-state index in [0.717, 1.165) is 37.9 Å². The third kappa shape index (κ3) is 2.28. The van der Waals surface area contributed by atoms with Crippen LogP contribution in [0.15, 0.2) is 18.2 Å². The number of benzene rings is 1. The molecule has 2 saturated heterocycles. The molecule has 0 radical (unpaired) electrons. The van der Waals surface area contributed by atoms with Gasteiger partial charge in [0.05, 0.1) is 5.92 Å². The zero-order valence-electron chi connectivity index (χ0n) is 12.6. The second-order valence-corrected chi connectivity index (χ2v) is 7.02. The van der Waals surface area contributed by atoms with Gasteiger partial charge in [0.15, 0.2) is 0 Å². The lowest BCUT2D eigenvalue weighted by Gasteiger charge is -2.26. The van der Waals surface area contributed by atoms with Gasteiger partial charge in [-0.15, -0.1) is 0 Å². The predicted octanol–water partition coefficient (Wildman–Crippen LogP) is 2.72. The maximum atomic E-state index is 11.6. The van der Waals surface area contributed by atoms with Gasteiger partial charge in [-0.25, -0.2) is 0 Å². The minimum absolute atomic E-state index is 0.0641. The Bertz CT molecular complexity index is 548. The quantitative estimate of drug-likeness (QED) is 0.927. The van der Waals surface area contributed by atoms with E-state index in [0.29, 0.717) is 0 Å². The Hall–Kier alpha value is -1.35. The number of hydrogen-bond donors (Lipinski definition) is 1. The summed E-state index contributed by atoms with van der Waals surface area (Å²) < 4.78 is 0. The summed E-state index contributed by atoms with van der Waals surface area (Å²) in [5.74, 6) is -0.230. The van der Waals surface area contributed by atoms with Crippen LogP contribution in [-0.2, 0) is 17.8 Å². The molecule has 2 N–H and O–H groups in total. The molecule has 21 heavy (non-hydrogen) atoms. The molecule has 2 bridgehead atoms. The fourth-order valence-corrected chi connectivity index (χ4v) is 4.75. The summed E-state index contributed by atoms with van der Waals surface area (Å²) in [5, 5.41) is 0. The third-order valence-electron chi connectivity index (χ3n) is 5.83. The molecule has 0 spiro atoms. The maximum absolute atomic E-state index is 11.6. The SMILES string of the molecule is NC(=O)C1CCCc2cc(CN3C4CCC3CC4)ccc21. The molecule has 112 valence electrons. The van der Waals surface area contributed by atoms with Crippen LogP contribution in [0.25, 0.3) is 0 Å². The second kappa shape index (κ2) is 5.13. The molecule has 1 atom stereocenters. The molecule has 0 aromatic heterocycles. The highest BCUT2D eigenvalue weighted by atomic mass is 16.1. The van der Waals surface area contributed by atoms with Gasteiger partial charge in [-0.05, 0) is 61.6 Å². The molecule has 3 aliphatic rings. The van der Waals surface area contributed by atoms with Crippen molar-refractivity contribution < 1.29 is 4.79 Å². The topological polar surface area (TPSA) is 46.3 Å². The molecule has 2 fully saturated rings. The lowest BCUT2D eigenvalue weighted by Crippen LogP contribution is -2.28. The molecule has 2 aliphatic heterocycles. The molecule has 1 aromatic carbocycles. The monoisotopic (exact) mass is 284 g/mol. The first-order valence-electron chi connectivity index (χ1n) is 8.39. The number of amides is 1. The standard InChI is InChI=1S/C18H24N2O/c19-18(21)17-3-1-2-13-10-12(4-9-16(13)17)11-20-14-5-6-15(20)8-7-14/h4,9-10,14-15,17H,1-3,5-8,11H2,(H2,19,21). The van der Waals surface area contributed by atoms with E-state index in [4.69, 9.17) is 5.73 Å². The molecule has 4 rings (SSSR count). The number of aryl methyl sites for hydroxylation is 1. The zero-order valence-corrected chi connectivity index (χ0v) is 12.6. The molecule has 0 saturated carbocycles. The van der Waals surface area contributed by atoms with E-state index in [1.165, 1.54) is 42.4 Å². The highest BCUT2D eigenvalue weighted by Gasteiger charge is 2.38. The first-order valence-corrected chi connectivity index (χ1v) is 8.39. The Morgan fingerprint density at radius 3 is 2.52 bits per heavy atom. The molecule has 1 unspecified atom stereocenters. The minimum atomic E-state index is -0.165. The maximum Gasteiger partial charge on any atom is 0.224 e. The average molecular weight is 284 g/mol. The lowest BCUT2D eigenvalue weighted by atomic mass is 9.81. The van der Waals surface area contributed by atoms with Gasteiger partial charge < -0.3 is 5.73 Å². The van der Waals surface area contributed by atoms with E-state index in [1.807, 2.05) is 0 Å². The van der Waals surface area contributed by atoms with Crippen LogP contribution in [0.2, 0.25) is 0 Å². The van der Waals surface area contributed by atoms with Crippen molar-refractivity contribution in [3.63, 3.8) is 0 Å². The number of rotatable bonds is 3. The first kappa shape index (κ1) is 13.3. The number of nitrogens with two attached hydrogens (primary N) is 1. The summed E-state index contributed by atoms with van der Waals surface area (Å²) >= 11 is 0. The molecule has 3 nitrogen and oxygen atoms in total. The summed E-state index contributed by atoms with van der Waals surface area (Å²) in [4.78, 5) is 14.3. The molecule has 1 amide bonds. The smallest absolute Gasteiger partial charge is 0.224 e. The van der Waals surface area contributed by atoms with Gasteiger partial charge in [0, 0.05) is 18.6 Å². The summed E-state index contributed by atoms with van der Waals surface area (Å²) in [5.41, 5.74) is 9.50. The van der Waals surface area contributed by atoms with Crippen LogP contribution in [-0.4, -0.2) is 22.9 Å². The normalized spacial score (nSPS) is 31.3. The van der Waals surface area contributed by atoms with Crippen LogP contribution in [0, 0.1) is 0 Å². The Labute approximate surface area is 126 Å². The van der Waals surface area contributed by atoms with Gasteiger partial charge in [-0.1, -0.05) is 18.2 Å². The van der Waals surface area contributed by atoms with Gasteiger partial charge in [0.1, 0.15) is 0 Å². The van der Waals surface area contributed by atoms with Crippen molar-refractivity contribution in [1.29, 1.82) is 0 Å². The zero-order chi connectivity index (χ0) is 14.4. The van der Waals surface area contributed by atoms with Gasteiger partial charge in [-0.2, -0.15) is 0 Å². The number of hydrogen-bond acceptors (Lipinski definition) is 2. The molecule has 3 heteroatoms. The second-order valence-electron chi connectivity index (χ2n) is 7.02. The molecule has 2 heterocycles. The van der Waals surface area contributed by atoms with E-state index in [1.54, 1.807) is 0 Å². The average Bonchev–Trinajstić information content (AvgIpc) is 3.06. The number of carbonyl (C=O) groups is 1. The van der Waals surface area contributed by atoms with Gasteiger partial charge >= 0.3 is 0 Å². The molecular weight excluding hydrogens is 260 g/mol. The van der Waals surface area contributed by atoms with Crippen molar-refractivity contribution in [3.05, 3.63) is 34.9 Å².